The van der Waals surface area contributed by atoms with Crippen molar-refractivity contribution in [1.82, 2.24) is 35.3 Å². The largest absolute Gasteiger partial charge is 0.338 e. The Morgan fingerprint density at radius 1 is 1.18 bits per heavy atom. The summed E-state index contributed by atoms with van der Waals surface area (Å²) in [5.41, 5.74) is 0. The molecule has 0 aromatic carbocycles. The topological polar surface area (TPSA) is 96.2 Å². The minimum Gasteiger partial charge on any atom is -0.338 e. The zero-order chi connectivity index (χ0) is 14.7. The monoisotopic (exact) mass is 329 g/mol. The molecule has 0 spiro atoms. The van der Waals surface area contributed by atoms with Crippen LogP contribution in [-0.4, -0.2) is 80.6 Å². The molecule has 1 atom stereocenters. The summed E-state index contributed by atoms with van der Waals surface area (Å²) in [6.45, 7) is 3.39. The fraction of sp³-hybridized carbons (Fsp3) is 0.750. The van der Waals surface area contributed by atoms with Gasteiger partial charge in [0.1, 0.15) is 12.9 Å². The summed E-state index contributed by atoms with van der Waals surface area (Å²) in [5.74, 6) is 0.147. The molecule has 2 fully saturated rings. The van der Waals surface area contributed by atoms with Gasteiger partial charge in [0.15, 0.2) is 0 Å². The van der Waals surface area contributed by atoms with E-state index < -0.39 is 0 Å². The number of aromatic nitrogens is 4. The van der Waals surface area contributed by atoms with E-state index in [4.69, 9.17) is 0 Å². The molecule has 1 unspecified atom stereocenters. The molecule has 22 heavy (non-hydrogen) atoms. The lowest BCUT2D eigenvalue weighted by Gasteiger charge is -2.35. The van der Waals surface area contributed by atoms with Gasteiger partial charge in [-0.1, -0.05) is 0 Å². The molecule has 122 valence electrons. The van der Waals surface area contributed by atoms with Crippen LogP contribution >= 0.6 is 12.4 Å². The minimum absolute atomic E-state index is 0. The van der Waals surface area contributed by atoms with E-state index in [0.29, 0.717) is 26.2 Å². The van der Waals surface area contributed by atoms with Crippen LogP contribution in [0.15, 0.2) is 6.33 Å². The van der Waals surface area contributed by atoms with Crippen molar-refractivity contribution in [3.8, 4) is 0 Å². The van der Waals surface area contributed by atoms with Crippen LogP contribution in [-0.2, 0) is 16.1 Å². The Kier molecular flexibility index (Phi) is 5.67. The molecule has 0 aliphatic carbocycles. The standard InChI is InChI=1S/C12H19N7O2.ClH/c20-11(8-19-9-14-15-16-19)17-4-6-18(7-5-17)12(21)10-2-1-3-13-10;/h9-10,13H,1-8H2;1H. The van der Waals surface area contributed by atoms with Crippen LogP contribution in [0.2, 0.25) is 0 Å². The van der Waals surface area contributed by atoms with E-state index in [9.17, 15) is 9.59 Å². The molecular formula is C12H20ClN7O2. The van der Waals surface area contributed by atoms with Gasteiger partial charge in [-0.3, -0.25) is 9.59 Å². The molecular weight excluding hydrogens is 310 g/mol. The Bertz CT molecular complexity index is 496. The second-order valence-corrected chi connectivity index (χ2v) is 5.36. The number of nitrogens with zero attached hydrogens (tertiary/aromatic N) is 6. The number of carbonyl (C=O) groups excluding carboxylic acids is 2. The Hall–Kier alpha value is -1.74. The van der Waals surface area contributed by atoms with Crippen molar-refractivity contribution in [3.05, 3.63) is 6.33 Å². The quantitative estimate of drug-likeness (QED) is 0.726. The molecule has 2 aliphatic rings. The molecule has 3 heterocycles. The average molecular weight is 330 g/mol. The summed E-state index contributed by atoms with van der Waals surface area (Å²) in [6.07, 6.45) is 3.39. The Morgan fingerprint density at radius 3 is 2.50 bits per heavy atom. The summed E-state index contributed by atoms with van der Waals surface area (Å²) in [6, 6.07) is -0.0338. The maximum atomic E-state index is 12.3. The summed E-state index contributed by atoms with van der Waals surface area (Å²) < 4.78 is 1.41. The smallest absolute Gasteiger partial charge is 0.244 e. The van der Waals surface area contributed by atoms with Crippen LogP contribution in [0.4, 0.5) is 0 Å². The molecule has 0 radical (unpaired) electrons. The van der Waals surface area contributed by atoms with Crippen LogP contribution in [0.25, 0.3) is 0 Å². The predicted molar refractivity (Wildman–Crippen MR) is 79.2 cm³/mol. The molecule has 0 bridgehead atoms. The van der Waals surface area contributed by atoms with Crippen LogP contribution in [0.5, 0.6) is 0 Å². The molecule has 2 saturated heterocycles. The van der Waals surface area contributed by atoms with Crippen molar-refractivity contribution in [2.75, 3.05) is 32.7 Å². The van der Waals surface area contributed by atoms with Gasteiger partial charge < -0.3 is 15.1 Å². The molecule has 0 saturated carbocycles. The number of hydrogen-bond donors (Lipinski definition) is 1. The van der Waals surface area contributed by atoms with Crippen molar-refractivity contribution >= 4 is 24.2 Å². The van der Waals surface area contributed by atoms with E-state index in [2.05, 4.69) is 20.8 Å². The third kappa shape index (κ3) is 3.72. The first kappa shape index (κ1) is 16.6. The van der Waals surface area contributed by atoms with Gasteiger partial charge in [-0.15, -0.1) is 17.5 Å². The summed E-state index contributed by atoms with van der Waals surface area (Å²) in [7, 11) is 0. The SMILES string of the molecule is Cl.O=C(Cn1cnnn1)N1CCN(C(=O)C2CCCN2)CC1. The highest BCUT2D eigenvalue weighted by atomic mass is 35.5. The van der Waals surface area contributed by atoms with Gasteiger partial charge >= 0.3 is 0 Å². The second kappa shape index (κ2) is 7.50. The zero-order valence-electron chi connectivity index (χ0n) is 12.2. The summed E-state index contributed by atoms with van der Waals surface area (Å²) in [4.78, 5) is 28.0. The number of carbonyl (C=O) groups is 2. The van der Waals surface area contributed by atoms with Gasteiger partial charge in [0.05, 0.1) is 6.04 Å². The Labute approximate surface area is 134 Å². The highest BCUT2D eigenvalue weighted by molar-refractivity contribution is 5.85. The number of halogens is 1. The maximum absolute atomic E-state index is 12.3. The first-order valence-electron chi connectivity index (χ1n) is 7.25. The average Bonchev–Trinajstić information content (AvgIpc) is 3.20. The highest BCUT2D eigenvalue weighted by Crippen LogP contribution is 2.11. The lowest BCUT2D eigenvalue weighted by molar-refractivity contribution is -0.141. The number of hydrogen-bond acceptors (Lipinski definition) is 6. The lowest BCUT2D eigenvalue weighted by Crippen LogP contribution is -2.54. The van der Waals surface area contributed by atoms with E-state index >= 15 is 0 Å². The van der Waals surface area contributed by atoms with Crippen LogP contribution in [0.3, 0.4) is 0 Å². The fourth-order valence-electron chi connectivity index (χ4n) is 2.78. The van der Waals surface area contributed by atoms with Gasteiger partial charge in [-0.25, -0.2) is 4.68 Å². The first-order chi connectivity index (χ1) is 10.2. The Balaban J connectivity index is 0.00000176. The van der Waals surface area contributed by atoms with E-state index in [0.717, 1.165) is 19.4 Å². The van der Waals surface area contributed by atoms with Crippen molar-refractivity contribution in [2.45, 2.75) is 25.4 Å². The second-order valence-electron chi connectivity index (χ2n) is 5.36. The van der Waals surface area contributed by atoms with E-state index in [1.807, 2.05) is 4.90 Å². The van der Waals surface area contributed by atoms with Crippen molar-refractivity contribution in [2.24, 2.45) is 0 Å². The van der Waals surface area contributed by atoms with Gasteiger partial charge in [-0.2, -0.15) is 0 Å². The van der Waals surface area contributed by atoms with Gasteiger partial charge in [0.2, 0.25) is 11.8 Å². The molecule has 10 heteroatoms. The predicted octanol–water partition coefficient (Wildman–Crippen LogP) is -1.48. The molecule has 9 nitrogen and oxygen atoms in total. The Morgan fingerprint density at radius 2 is 1.91 bits per heavy atom. The number of piperazine rings is 1. The molecule has 3 rings (SSSR count). The summed E-state index contributed by atoms with van der Waals surface area (Å²) >= 11 is 0. The van der Waals surface area contributed by atoms with E-state index in [1.165, 1.54) is 11.0 Å². The molecule has 2 aliphatic heterocycles. The summed E-state index contributed by atoms with van der Waals surface area (Å²) in [5, 5.41) is 13.9. The third-order valence-corrected chi connectivity index (χ3v) is 3.99. The number of nitrogens with one attached hydrogen (secondary N) is 1. The van der Waals surface area contributed by atoms with Crippen molar-refractivity contribution < 1.29 is 9.59 Å². The van der Waals surface area contributed by atoms with Crippen LogP contribution in [0.1, 0.15) is 12.8 Å². The highest BCUT2D eigenvalue weighted by Gasteiger charge is 2.30. The maximum Gasteiger partial charge on any atom is 0.244 e. The molecule has 1 N–H and O–H groups in total. The van der Waals surface area contributed by atoms with Crippen LogP contribution in [0, 0.1) is 0 Å². The van der Waals surface area contributed by atoms with E-state index in [1.54, 1.807) is 4.90 Å². The fourth-order valence-corrected chi connectivity index (χ4v) is 2.78. The number of tetrazole rings is 1. The van der Waals surface area contributed by atoms with Crippen molar-refractivity contribution in [3.63, 3.8) is 0 Å². The van der Waals surface area contributed by atoms with Gasteiger partial charge in [0.25, 0.3) is 0 Å². The number of rotatable bonds is 3. The molecule has 1 aromatic heterocycles. The van der Waals surface area contributed by atoms with Crippen molar-refractivity contribution in [1.29, 1.82) is 0 Å². The molecule has 1 aromatic rings. The zero-order valence-corrected chi connectivity index (χ0v) is 13.0. The van der Waals surface area contributed by atoms with Gasteiger partial charge in [-0.05, 0) is 29.8 Å². The normalized spacial score (nSPS) is 21.5. The van der Waals surface area contributed by atoms with E-state index in [-0.39, 0.29) is 36.8 Å². The third-order valence-electron chi connectivity index (χ3n) is 3.99. The lowest BCUT2D eigenvalue weighted by atomic mass is 10.2. The molecule has 2 amide bonds. The van der Waals surface area contributed by atoms with Crippen LogP contribution < -0.4 is 5.32 Å². The number of amides is 2. The van der Waals surface area contributed by atoms with Gasteiger partial charge in [0, 0.05) is 26.2 Å². The first-order valence-corrected chi connectivity index (χ1v) is 7.25. The minimum atomic E-state index is -0.0338.